The summed E-state index contributed by atoms with van der Waals surface area (Å²) < 4.78 is 7.20. The maximum absolute atomic E-state index is 13.3. The van der Waals surface area contributed by atoms with Gasteiger partial charge in [0.15, 0.2) is 6.10 Å². The Balaban J connectivity index is 2.23. The summed E-state index contributed by atoms with van der Waals surface area (Å²) in [5, 5.41) is 25.3. The summed E-state index contributed by atoms with van der Waals surface area (Å²) in [5.74, 6) is -1.17. The van der Waals surface area contributed by atoms with Crippen LogP contribution in [0, 0.1) is 10.1 Å². The molecule has 0 spiro atoms. The molecule has 1 heterocycles. The van der Waals surface area contributed by atoms with Crippen LogP contribution in [0.4, 0.5) is 5.69 Å². The van der Waals surface area contributed by atoms with Crippen LogP contribution in [0.25, 0.3) is 10.9 Å². The maximum atomic E-state index is 13.3. The van der Waals surface area contributed by atoms with Crippen molar-refractivity contribution >= 4 is 44.7 Å². The third-order valence-corrected chi connectivity index (χ3v) is 5.15. The minimum atomic E-state index is -1.34. The van der Waals surface area contributed by atoms with Gasteiger partial charge in [0.1, 0.15) is 5.82 Å². The summed E-state index contributed by atoms with van der Waals surface area (Å²) in [6, 6.07) is 9.24. The fraction of sp³-hybridized carbons (Fsp3) is 0.273. The summed E-state index contributed by atoms with van der Waals surface area (Å²) >= 11 is 3.35. The molecule has 1 atom stereocenters. The first kappa shape index (κ1) is 24.1. The first-order chi connectivity index (χ1) is 15.4. The SMILES string of the molecule is C[C@@H](Oc1c(C=Nn2c(C(C)(C)C)nc3ccc(Br)cc3c2=O)cccc1[N+](=O)[O-])C(=O)O. The summed E-state index contributed by atoms with van der Waals surface area (Å²) in [4.78, 5) is 39.9. The van der Waals surface area contributed by atoms with Gasteiger partial charge in [0.2, 0.25) is 5.75 Å². The molecule has 1 aromatic heterocycles. The molecule has 2 aromatic carbocycles. The Morgan fingerprint density at radius 2 is 2.03 bits per heavy atom. The zero-order valence-corrected chi connectivity index (χ0v) is 19.9. The van der Waals surface area contributed by atoms with Gasteiger partial charge >= 0.3 is 11.7 Å². The molecule has 0 unspecified atom stereocenters. The van der Waals surface area contributed by atoms with Gasteiger partial charge in [0.05, 0.1) is 22.0 Å². The smallest absolute Gasteiger partial charge is 0.344 e. The lowest BCUT2D eigenvalue weighted by Gasteiger charge is -2.21. The number of aliphatic carboxylic acids is 1. The van der Waals surface area contributed by atoms with Crippen molar-refractivity contribution in [1.29, 1.82) is 0 Å². The number of rotatable bonds is 6. The number of nitro groups is 1. The summed E-state index contributed by atoms with van der Waals surface area (Å²) in [5.41, 5.74) is -0.754. The monoisotopic (exact) mass is 516 g/mol. The van der Waals surface area contributed by atoms with E-state index < -0.39 is 33.7 Å². The number of carboxylic acids is 1. The van der Waals surface area contributed by atoms with Gasteiger partial charge in [-0.3, -0.25) is 14.9 Å². The van der Waals surface area contributed by atoms with Gasteiger partial charge in [-0.25, -0.2) is 9.78 Å². The van der Waals surface area contributed by atoms with Crippen molar-refractivity contribution in [2.75, 3.05) is 0 Å². The van der Waals surface area contributed by atoms with Crippen molar-refractivity contribution in [3.63, 3.8) is 0 Å². The number of halogens is 1. The first-order valence-electron chi connectivity index (χ1n) is 9.84. The third kappa shape index (κ3) is 5.08. The van der Waals surface area contributed by atoms with E-state index in [4.69, 9.17) is 4.74 Å². The number of benzene rings is 2. The number of fused-ring (bicyclic) bond motifs is 1. The van der Waals surface area contributed by atoms with Gasteiger partial charge in [0.25, 0.3) is 5.56 Å². The number of carboxylic acid groups (broad SMARTS) is 1. The molecule has 0 amide bonds. The number of carbonyl (C=O) groups is 1. The predicted octanol–water partition coefficient (Wildman–Crippen LogP) is 4.10. The molecule has 0 bridgehead atoms. The van der Waals surface area contributed by atoms with Crippen molar-refractivity contribution in [2.24, 2.45) is 5.10 Å². The van der Waals surface area contributed by atoms with Crippen LogP contribution < -0.4 is 10.3 Å². The number of hydrogen-bond donors (Lipinski definition) is 1. The van der Waals surface area contributed by atoms with Crippen LogP contribution in [0.1, 0.15) is 39.1 Å². The topological polar surface area (TPSA) is 137 Å². The number of hydrogen-bond acceptors (Lipinski definition) is 7. The molecule has 10 nitrogen and oxygen atoms in total. The van der Waals surface area contributed by atoms with E-state index in [9.17, 15) is 24.8 Å². The number of para-hydroxylation sites is 1. The van der Waals surface area contributed by atoms with Crippen LogP contribution in [-0.2, 0) is 10.2 Å². The molecule has 172 valence electrons. The summed E-state index contributed by atoms with van der Waals surface area (Å²) in [7, 11) is 0. The Hall–Kier alpha value is -3.60. The molecule has 33 heavy (non-hydrogen) atoms. The third-order valence-electron chi connectivity index (χ3n) is 4.66. The van der Waals surface area contributed by atoms with Crippen molar-refractivity contribution in [1.82, 2.24) is 9.66 Å². The second kappa shape index (κ2) is 9.10. The Morgan fingerprint density at radius 1 is 1.33 bits per heavy atom. The maximum Gasteiger partial charge on any atom is 0.344 e. The van der Waals surface area contributed by atoms with Crippen LogP contribution in [0.15, 0.2) is 50.8 Å². The van der Waals surface area contributed by atoms with E-state index in [1.165, 1.54) is 31.3 Å². The Bertz CT molecular complexity index is 1340. The largest absolute Gasteiger partial charge is 0.479 e. The van der Waals surface area contributed by atoms with Gasteiger partial charge in [-0.2, -0.15) is 9.78 Å². The van der Waals surface area contributed by atoms with E-state index in [0.29, 0.717) is 21.2 Å². The van der Waals surface area contributed by atoms with Crippen LogP contribution in [0.5, 0.6) is 5.75 Å². The predicted molar refractivity (Wildman–Crippen MR) is 126 cm³/mol. The molecule has 0 saturated carbocycles. The van der Waals surface area contributed by atoms with Gasteiger partial charge in [0, 0.05) is 21.5 Å². The lowest BCUT2D eigenvalue weighted by atomic mass is 9.95. The molecule has 0 saturated heterocycles. The van der Waals surface area contributed by atoms with E-state index >= 15 is 0 Å². The molecule has 0 aliphatic carbocycles. The van der Waals surface area contributed by atoms with Crippen molar-refractivity contribution in [3.8, 4) is 5.75 Å². The minimum absolute atomic E-state index is 0.137. The van der Waals surface area contributed by atoms with E-state index in [0.717, 1.165) is 4.68 Å². The highest BCUT2D eigenvalue weighted by molar-refractivity contribution is 9.10. The van der Waals surface area contributed by atoms with E-state index in [1.54, 1.807) is 18.2 Å². The fourth-order valence-corrected chi connectivity index (χ4v) is 3.37. The van der Waals surface area contributed by atoms with Crippen molar-refractivity contribution in [3.05, 3.63) is 72.7 Å². The molecule has 1 N–H and O–H groups in total. The average Bonchev–Trinajstić information content (AvgIpc) is 2.73. The van der Waals surface area contributed by atoms with Gasteiger partial charge in [-0.05, 0) is 31.2 Å². The van der Waals surface area contributed by atoms with Crippen LogP contribution in [0.2, 0.25) is 0 Å². The number of nitrogens with zero attached hydrogens (tertiary/aromatic N) is 4. The van der Waals surface area contributed by atoms with E-state index in [-0.39, 0.29) is 11.3 Å². The first-order valence-corrected chi connectivity index (χ1v) is 10.6. The fourth-order valence-electron chi connectivity index (χ4n) is 3.00. The van der Waals surface area contributed by atoms with Crippen LogP contribution >= 0.6 is 15.9 Å². The standard InChI is InChI=1S/C22H21BrN4O6/c1-12(20(29)30)33-18-13(6-5-7-17(18)27(31)32)11-24-26-19(28)15-10-14(23)8-9-16(15)25-21(26)22(2,3)4/h5-12H,1-4H3,(H,29,30)/t12-/m1/s1. The van der Waals surface area contributed by atoms with Crippen LogP contribution in [-0.4, -0.2) is 38.0 Å². The Morgan fingerprint density at radius 3 is 2.64 bits per heavy atom. The Kier molecular flexibility index (Phi) is 6.63. The van der Waals surface area contributed by atoms with E-state index in [1.807, 2.05) is 20.8 Å². The van der Waals surface area contributed by atoms with E-state index in [2.05, 4.69) is 26.0 Å². The molecule has 0 aliphatic heterocycles. The minimum Gasteiger partial charge on any atom is -0.479 e. The van der Waals surface area contributed by atoms with Gasteiger partial charge in [-0.15, -0.1) is 0 Å². The molecule has 0 radical (unpaired) electrons. The van der Waals surface area contributed by atoms with Crippen molar-refractivity contribution < 1.29 is 19.6 Å². The van der Waals surface area contributed by atoms with Gasteiger partial charge in [-0.1, -0.05) is 42.8 Å². The zero-order valence-electron chi connectivity index (χ0n) is 18.3. The summed E-state index contributed by atoms with van der Waals surface area (Å²) in [6.45, 7) is 6.89. The quantitative estimate of drug-likeness (QED) is 0.295. The second-order valence-corrected chi connectivity index (χ2v) is 9.17. The molecular weight excluding hydrogens is 496 g/mol. The molecule has 3 rings (SSSR count). The number of nitro benzene ring substituents is 1. The number of aromatic nitrogens is 2. The summed E-state index contributed by atoms with van der Waals surface area (Å²) in [6.07, 6.45) is -0.121. The molecule has 3 aromatic rings. The highest BCUT2D eigenvalue weighted by Crippen LogP contribution is 2.31. The van der Waals surface area contributed by atoms with Gasteiger partial charge < -0.3 is 9.84 Å². The lowest BCUT2D eigenvalue weighted by Crippen LogP contribution is -2.29. The molecule has 0 fully saturated rings. The number of ether oxygens (including phenoxy) is 1. The zero-order chi connectivity index (χ0) is 24.5. The highest BCUT2D eigenvalue weighted by Gasteiger charge is 2.25. The molecule has 11 heteroatoms. The molecule has 0 aliphatic rings. The normalized spacial score (nSPS) is 12.8. The molecular formula is C22H21BrN4O6. The highest BCUT2D eigenvalue weighted by atomic mass is 79.9. The Labute approximate surface area is 196 Å². The lowest BCUT2D eigenvalue weighted by molar-refractivity contribution is -0.386. The van der Waals surface area contributed by atoms with Crippen molar-refractivity contribution in [2.45, 2.75) is 39.2 Å². The van der Waals surface area contributed by atoms with Crippen LogP contribution in [0.3, 0.4) is 0 Å². The second-order valence-electron chi connectivity index (χ2n) is 8.26. The average molecular weight is 517 g/mol.